The van der Waals surface area contributed by atoms with E-state index in [4.69, 9.17) is 0 Å². The van der Waals surface area contributed by atoms with Crippen LogP contribution in [0.25, 0.3) is 0 Å². The Morgan fingerprint density at radius 2 is 1.73 bits per heavy atom. The zero-order valence-electron chi connectivity index (χ0n) is 7.77. The molecule has 0 aromatic carbocycles. The first-order chi connectivity index (χ1) is 5.36. The van der Waals surface area contributed by atoms with E-state index < -0.39 is 0 Å². The molecule has 1 saturated carbocycles. The summed E-state index contributed by atoms with van der Waals surface area (Å²) >= 11 is 0. The Kier molecular flexibility index (Phi) is 3.47. The van der Waals surface area contributed by atoms with Gasteiger partial charge >= 0.3 is 0 Å². The third-order valence-electron chi connectivity index (χ3n) is 2.42. The van der Waals surface area contributed by atoms with E-state index in [1.807, 2.05) is 0 Å². The first kappa shape index (κ1) is 8.63. The van der Waals surface area contributed by atoms with Crippen molar-refractivity contribution in [1.82, 2.24) is 4.90 Å². The normalized spacial score (nSPS) is 17.1. The van der Waals surface area contributed by atoms with Gasteiger partial charge in [-0.3, -0.25) is 0 Å². The number of allylic oxidation sites excluding steroid dienone is 1. The Labute approximate surface area is 70.1 Å². The van der Waals surface area contributed by atoms with Gasteiger partial charge in [-0.1, -0.05) is 5.57 Å². The maximum atomic E-state index is 2.39. The smallest absolute Gasteiger partial charge is 0.0143 e. The molecule has 0 atom stereocenters. The van der Waals surface area contributed by atoms with E-state index in [9.17, 15) is 0 Å². The van der Waals surface area contributed by atoms with Crippen molar-refractivity contribution < 1.29 is 0 Å². The molecule has 0 heterocycles. The van der Waals surface area contributed by atoms with Gasteiger partial charge in [0.15, 0.2) is 0 Å². The van der Waals surface area contributed by atoms with Crippen LogP contribution in [0.2, 0.25) is 0 Å². The average Bonchev–Trinajstić information content (AvgIpc) is 2.52. The highest BCUT2D eigenvalue weighted by Gasteiger charge is 2.06. The molecule has 0 radical (unpaired) electrons. The summed E-state index contributed by atoms with van der Waals surface area (Å²) in [6, 6.07) is 0. The molecule has 1 fully saturated rings. The molecule has 0 unspecified atom stereocenters. The van der Waals surface area contributed by atoms with Crippen LogP contribution in [0.5, 0.6) is 0 Å². The molecule has 0 amide bonds. The van der Waals surface area contributed by atoms with Gasteiger partial charge in [-0.05, 0) is 45.7 Å². The van der Waals surface area contributed by atoms with Crippen molar-refractivity contribution in [3.05, 3.63) is 11.8 Å². The highest BCUT2D eigenvalue weighted by Crippen LogP contribution is 2.23. The summed E-state index contributed by atoms with van der Waals surface area (Å²) < 4.78 is 0. The zero-order chi connectivity index (χ0) is 8.10. The van der Waals surface area contributed by atoms with Crippen LogP contribution >= 0.6 is 0 Å². The number of hydrogen-bond acceptors (Lipinski definition) is 1. The van der Waals surface area contributed by atoms with Gasteiger partial charge in [0.25, 0.3) is 0 Å². The third kappa shape index (κ3) is 2.57. The molecule has 64 valence electrons. The standard InChI is InChI=1S/C10H19N/c1-3-11(4-2)9-10-7-5-6-8-10/h9H,3-8H2,1-2H3. The van der Waals surface area contributed by atoms with Gasteiger partial charge in [-0.25, -0.2) is 0 Å². The Morgan fingerprint density at radius 3 is 2.18 bits per heavy atom. The molecule has 1 aliphatic rings. The number of nitrogens with zero attached hydrogens (tertiary/aromatic N) is 1. The van der Waals surface area contributed by atoms with Crippen LogP contribution in [0, 0.1) is 0 Å². The molecule has 11 heavy (non-hydrogen) atoms. The van der Waals surface area contributed by atoms with Gasteiger partial charge in [-0.15, -0.1) is 0 Å². The lowest BCUT2D eigenvalue weighted by molar-refractivity contribution is 0.414. The van der Waals surface area contributed by atoms with E-state index in [0.29, 0.717) is 0 Å². The Morgan fingerprint density at radius 1 is 1.18 bits per heavy atom. The molecular formula is C10H19N. The van der Waals surface area contributed by atoms with Crippen LogP contribution in [-0.2, 0) is 0 Å². The lowest BCUT2D eigenvalue weighted by Crippen LogP contribution is -2.15. The minimum Gasteiger partial charge on any atom is -0.378 e. The van der Waals surface area contributed by atoms with Gasteiger partial charge in [0.05, 0.1) is 0 Å². The third-order valence-corrected chi connectivity index (χ3v) is 2.42. The summed E-state index contributed by atoms with van der Waals surface area (Å²) in [6.45, 7) is 6.74. The predicted octanol–water partition coefficient (Wildman–Crippen LogP) is 2.79. The SMILES string of the molecule is CCN(C=C1CCCC1)CC. The Balaban J connectivity index is 2.40. The fourth-order valence-corrected chi connectivity index (χ4v) is 1.62. The summed E-state index contributed by atoms with van der Waals surface area (Å²) in [5.74, 6) is 0. The van der Waals surface area contributed by atoms with E-state index in [1.54, 1.807) is 5.57 Å². The molecule has 0 N–H and O–H groups in total. The quantitative estimate of drug-likeness (QED) is 0.602. The molecular weight excluding hydrogens is 134 g/mol. The van der Waals surface area contributed by atoms with Gasteiger partial charge in [0.1, 0.15) is 0 Å². The van der Waals surface area contributed by atoms with E-state index in [-0.39, 0.29) is 0 Å². The minimum absolute atomic E-state index is 1.15. The average molecular weight is 153 g/mol. The summed E-state index contributed by atoms with van der Waals surface area (Å²) in [5, 5.41) is 0. The minimum atomic E-state index is 1.15. The maximum Gasteiger partial charge on any atom is 0.0143 e. The highest BCUT2D eigenvalue weighted by molar-refractivity contribution is 5.05. The van der Waals surface area contributed by atoms with Crippen molar-refractivity contribution in [1.29, 1.82) is 0 Å². The monoisotopic (exact) mass is 153 g/mol. The lowest BCUT2D eigenvalue weighted by atomic mass is 10.2. The highest BCUT2D eigenvalue weighted by atomic mass is 15.1. The van der Waals surface area contributed by atoms with E-state index >= 15 is 0 Å². The van der Waals surface area contributed by atoms with Crippen LogP contribution in [0.1, 0.15) is 39.5 Å². The topological polar surface area (TPSA) is 3.24 Å². The molecule has 0 bridgehead atoms. The lowest BCUT2D eigenvalue weighted by Gasteiger charge is -2.16. The molecule has 1 nitrogen and oxygen atoms in total. The predicted molar refractivity (Wildman–Crippen MR) is 49.5 cm³/mol. The van der Waals surface area contributed by atoms with Crippen molar-refractivity contribution in [3.8, 4) is 0 Å². The van der Waals surface area contributed by atoms with Gasteiger partial charge in [0, 0.05) is 13.1 Å². The molecule has 0 saturated heterocycles. The maximum absolute atomic E-state index is 2.39. The Bertz CT molecular complexity index is 126. The second kappa shape index (κ2) is 4.42. The molecule has 0 aromatic heterocycles. The number of rotatable bonds is 3. The van der Waals surface area contributed by atoms with Crippen molar-refractivity contribution in [3.63, 3.8) is 0 Å². The largest absolute Gasteiger partial charge is 0.378 e. The summed E-state index contributed by atoms with van der Waals surface area (Å²) in [7, 11) is 0. The molecule has 0 aromatic rings. The number of hydrogen-bond donors (Lipinski definition) is 0. The van der Waals surface area contributed by atoms with Gasteiger partial charge in [-0.2, -0.15) is 0 Å². The first-order valence-corrected chi connectivity index (χ1v) is 4.80. The molecule has 1 aliphatic carbocycles. The van der Waals surface area contributed by atoms with Gasteiger partial charge < -0.3 is 4.90 Å². The summed E-state index contributed by atoms with van der Waals surface area (Å²) in [6.07, 6.45) is 7.88. The summed E-state index contributed by atoms with van der Waals surface area (Å²) in [5.41, 5.74) is 1.66. The zero-order valence-corrected chi connectivity index (χ0v) is 7.77. The van der Waals surface area contributed by atoms with E-state index in [0.717, 1.165) is 13.1 Å². The fourth-order valence-electron chi connectivity index (χ4n) is 1.62. The molecule has 0 aliphatic heterocycles. The first-order valence-electron chi connectivity index (χ1n) is 4.80. The van der Waals surface area contributed by atoms with Crippen LogP contribution in [-0.4, -0.2) is 18.0 Å². The second-order valence-corrected chi connectivity index (χ2v) is 3.22. The molecule has 1 rings (SSSR count). The van der Waals surface area contributed by atoms with Crippen LogP contribution in [0.15, 0.2) is 11.8 Å². The summed E-state index contributed by atoms with van der Waals surface area (Å²) in [4.78, 5) is 2.39. The van der Waals surface area contributed by atoms with Crippen molar-refractivity contribution in [2.24, 2.45) is 0 Å². The van der Waals surface area contributed by atoms with E-state index in [2.05, 4.69) is 24.9 Å². The molecule has 0 spiro atoms. The van der Waals surface area contributed by atoms with Crippen molar-refractivity contribution in [2.45, 2.75) is 39.5 Å². The van der Waals surface area contributed by atoms with Gasteiger partial charge in [0.2, 0.25) is 0 Å². The van der Waals surface area contributed by atoms with Crippen LogP contribution in [0.4, 0.5) is 0 Å². The fraction of sp³-hybridized carbons (Fsp3) is 0.800. The van der Waals surface area contributed by atoms with Crippen LogP contribution < -0.4 is 0 Å². The second-order valence-electron chi connectivity index (χ2n) is 3.22. The van der Waals surface area contributed by atoms with Crippen LogP contribution in [0.3, 0.4) is 0 Å². The van der Waals surface area contributed by atoms with Crippen molar-refractivity contribution in [2.75, 3.05) is 13.1 Å². The molecule has 1 heteroatoms. The van der Waals surface area contributed by atoms with Crippen molar-refractivity contribution >= 4 is 0 Å². The Hall–Kier alpha value is -0.460. The van der Waals surface area contributed by atoms with E-state index in [1.165, 1.54) is 25.7 Å².